The molecule has 0 bridgehead atoms. The van der Waals surface area contributed by atoms with Crippen molar-refractivity contribution in [2.45, 2.75) is 32.6 Å². The summed E-state index contributed by atoms with van der Waals surface area (Å²) in [6, 6.07) is 23.6. The smallest absolute Gasteiger partial charge is 0.163 e. The number of allylic oxidation sites excluding steroid dienone is 1. The summed E-state index contributed by atoms with van der Waals surface area (Å²) in [4.78, 5) is 25.7. The summed E-state index contributed by atoms with van der Waals surface area (Å²) in [7, 11) is 0. The minimum Gasteiger partial charge on any atom is -0.338 e. The zero-order valence-corrected chi connectivity index (χ0v) is 21.7. The molecule has 37 heavy (non-hydrogen) atoms. The van der Waals surface area contributed by atoms with Gasteiger partial charge in [-0.15, -0.1) is 0 Å². The van der Waals surface area contributed by atoms with Crippen molar-refractivity contribution in [3.8, 4) is 22.5 Å². The second-order valence-corrected chi connectivity index (χ2v) is 9.78. The van der Waals surface area contributed by atoms with E-state index in [1.54, 1.807) is 12.4 Å². The summed E-state index contributed by atoms with van der Waals surface area (Å²) in [6.07, 6.45) is 4.88. The van der Waals surface area contributed by atoms with Gasteiger partial charge in [0, 0.05) is 35.0 Å². The number of carbonyl (C=O) groups is 1. The van der Waals surface area contributed by atoms with Crippen molar-refractivity contribution in [1.29, 1.82) is 0 Å². The number of aromatic amines is 1. The van der Waals surface area contributed by atoms with E-state index in [1.165, 1.54) is 0 Å². The first-order valence-corrected chi connectivity index (χ1v) is 12.8. The molecule has 5 rings (SSSR count). The Labute approximate surface area is 222 Å². The molecule has 5 heteroatoms. The maximum atomic E-state index is 13.4. The van der Waals surface area contributed by atoms with E-state index in [1.807, 2.05) is 79.7 Å². The van der Waals surface area contributed by atoms with E-state index >= 15 is 0 Å². The number of Topliss-reactive ketones (excluding diaryl/α,β-unsaturated/α-hetero) is 1. The maximum absolute atomic E-state index is 13.4. The van der Waals surface area contributed by atoms with Crippen molar-refractivity contribution >= 4 is 34.0 Å². The van der Waals surface area contributed by atoms with Crippen molar-refractivity contribution in [3.05, 3.63) is 113 Å². The quantitative estimate of drug-likeness (QED) is 0.214. The summed E-state index contributed by atoms with van der Waals surface area (Å²) >= 11 is 6.47. The van der Waals surface area contributed by atoms with Crippen LogP contribution in [0.1, 0.15) is 54.1 Å². The molecule has 0 spiro atoms. The summed E-state index contributed by atoms with van der Waals surface area (Å²) in [5.41, 5.74) is 8.32. The fourth-order valence-corrected chi connectivity index (χ4v) is 4.98. The van der Waals surface area contributed by atoms with Crippen molar-refractivity contribution < 1.29 is 4.79 Å². The molecular formula is C32H28ClN3O. The Morgan fingerprint density at radius 3 is 2.46 bits per heavy atom. The van der Waals surface area contributed by atoms with Crippen LogP contribution in [0.5, 0.6) is 0 Å². The first kappa shape index (κ1) is 24.7. The van der Waals surface area contributed by atoms with E-state index in [0.717, 1.165) is 56.7 Å². The van der Waals surface area contributed by atoms with Crippen molar-refractivity contribution in [3.63, 3.8) is 0 Å². The van der Waals surface area contributed by atoms with Crippen LogP contribution < -0.4 is 0 Å². The van der Waals surface area contributed by atoms with Crippen molar-refractivity contribution in [1.82, 2.24) is 15.0 Å². The number of imidazole rings is 1. The van der Waals surface area contributed by atoms with Gasteiger partial charge in [0.05, 0.1) is 11.0 Å². The topological polar surface area (TPSA) is 58.6 Å². The van der Waals surface area contributed by atoms with E-state index < -0.39 is 0 Å². The van der Waals surface area contributed by atoms with Gasteiger partial charge >= 0.3 is 0 Å². The first-order chi connectivity index (χ1) is 17.9. The van der Waals surface area contributed by atoms with Crippen LogP contribution in [0.25, 0.3) is 39.1 Å². The second kappa shape index (κ2) is 10.5. The Bertz CT molecular complexity index is 1570. The highest BCUT2D eigenvalue weighted by Gasteiger charge is 2.20. The Hall–Kier alpha value is -4.02. The highest BCUT2D eigenvalue weighted by molar-refractivity contribution is 6.31. The van der Waals surface area contributed by atoms with Gasteiger partial charge in [-0.25, -0.2) is 4.98 Å². The third-order valence-corrected chi connectivity index (χ3v) is 7.05. The molecule has 0 amide bonds. The number of fused-ring (bicyclic) bond motifs is 1. The molecule has 0 aliphatic carbocycles. The van der Waals surface area contributed by atoms with Crippen LogP contribution >= 0.6 is 11.6 Å². The molecule has 1 unspecified atom stereocenters. The fraction of sp³-hybridized carbons (Fsp3) is 0.156. The molecule has 0 aliphatic rings. The molecule has 4 nitrogen and oxygen atoms in total. The first-order valence-electron chi connectivity index (χ1n) is 12.4. The molecule has 3 aromatic carbocycles. The Morgan fingerprint density at radius 1 is 0.973 bits per heavy atom. The zero-order chi connectivity index (χ0) is 25.9. The lowest BCUT2D eigenvalue weighted by molar-refractivity contribution is 0.0973. The third kappa shape index (κ3) is 5.11. The number of rotatable bonds is 8. The zero-order valence-electron chi connectivity index (χ0n) is 21.0. The van der Waals surface area contributed by atoms with Crippen molar-refractivity contribution in [2.24, 2.45) is 0 Å². The lowest BCUT2D eigenvalue weighted by Crippen LogP contribution is -2.08. The van der Waals surface area contributed by atoms with Gasteiger partial charge in [-0.05, 0) is 90.0 Å². The highest BCUT2D eigenvalue weighted by Crippen LogP contribution is 2.38. The third-order valence-electron chi connectivity index (χ3n) is 6.82. The van der Waals surface area contributed by atoms with Crippen LogP contribution in [-0.4, -0.2) is 20.7 Å². The summed E-state index contributed by atoms with van der Waals surface area (Å²) < 4.78 is 0. The number of para-hydroxylation sites is 2. The number of aromatic nitrogens is 3. The van der Waals surface area contributed by atoms with Gasteiger partial charge in [-0.3, -0.25) is 9.78 Å². The number of hydrogen-bond donors (Lipinski definition) is 1. The fourth-order valence-electron chi connectivity index (χ4n) is 4.81. The number of halogens is 1. The minimum atomic E-state index is 0.112. The highest BCUT2D eigenvalue weighted by atomic mass is 35.5. The lowest BCUT2D eigenvalue weighted by Gasteiger charge is -2.17. The number of pyridine rings is 1. The standard InChI is InChI=1S/C32H28ClN3O/c1-4-21(22-13-15-34-16-14-22)18-31(37)23-9-11-25(27(17-23)20(2)3)28-19-24(33)10-12-26(28)32-35-29-7-5-6-8-30(29)36-32/h5-17,19,21H,2,4,18H2,1,3H3,(H,35,36). The van der Waals surface area contributed by atoms with E-state index in [9.17, 15) is 4.79 Å². The monoisotopic (exact) mass is 505 g/mol. The van der Waals surface area contributed by atoms with Crippen LogP contribution in [0.3, 0.4) is 0 Å². The number of hydrogen-bond acceptors (Lipinski definition) is 3. The maximum Gasteiger partial charge on any atom is 0.163 e. The normalized spacial score (nSPS) is 12.0. The minimum absolute atomic E-state index is 0.112. The summed E-state index contributed by atoms with van der Waals surface area (Å²) in [6.45, 7) is 8.29. The van der Waals surface area contributed by atoms with Crippen LogP contribution in [0.2, 0.25) is 5.02 Å². The van der Waals surface area contributed by atoms with Crippen molar-refractivity contribution in [2.75, 3.05) is 0 Å². The number of H-pyrrole nitrogens is 1. The van der Waals surface area contributed by atoms with Gasteiger partial charge in [-0.2, -0.15) is 0 Å². The SMILES string of the molecule is C=C(C)c1cc(C(=O)CC(CC)c2ccncc2)ccc1-c1cc(Cl)ccc1-c1nc2ccccc2[nH]1. The predicted molar refractivity (Wildman–Crippen MR) is 153 cm³/mol. The van der Waals surface area contributed by atoms with Crippen LogP contribution in [0, 0.1) is 0 Å². The molecule has 1 N–H and O–H groups in total. The molecule has 0 fully saturated rings. The Kier molecular flexibility index (Phi) is 7.02. The molecule has 0 saturated carbocycles. The van der Waals surface area contributed by atoms with Crippen LogP contribution in [-0.2, 0) is 0 Å². The number of benzene rings is 3. The molecule has 0 radical (unpaired) electrons. The van der Waals surface area contributed by atoms with Gasteiger partial charge < -0.3 is 4.98 Å². The number of nitrogens with one attached hydrogen (secondary N) is 1. The molecule has 2 aromatic heterocycles. The van der Waals surface area contributed by atoms with Gasteiger partial charge in [-0.1, -0.05) is 54.9 Å². The van der Waals surface area contributed by atoms with Gasteiger partial charge in [0.25, 0.3) is 0 Å². The number of carbonyl (C=O) groups excluding carboxylic acids is 1. The van der Waals surface area contributed by atoms with Gasteiger partial charge in [0.15, 0.2) is 5.78 Å². The molecule has 184 valence electrons. The van der Waals surface area contributed by atoms with E-state index in [2.05, 4.69) is 23.5 Å². The van der Waals surface area contributed by atoms with Crippen LogP contribution in [0.4, 0.5) is 0 Å². The summed E-state index contributed by atoms with van der Waals surface area (Å²) in [5.74, 6) is 1.03. The second-order valence-electron chi connectivity index (χ2n) is 9.35. The molecule has 0 aliphatic heterocycles. The van der Waals surface area contributed by atoms with E-state index in [0.29, 0.717) is 17.0 Å². The average Bonchev–Trinajstić information content (AvgIpc) is 3.35. The molecule has 1 atom stereocenters. The van der Waals surface area contributed by atoms with E-state index in [-0.39, 0.29) is 11.7 Å². The molecule has 0 saturated heterocycles. The largest absolute Gasteiger partial charge is 0.338 e. The van der Waals surface area contributed by atoms with Gasteiger partial charge in [0.2, 0.25) is 0 Å². The Morgan fingerprint density at radius 2 is 1.73 bits per heavy atom. The molecule has 2 heterocycles. The van der Waals surface area contributed by atoms with Gasteiger partial charge in [0.1, 0.15) is 5.82 Å². The molecule has 5 aromatic rings. The lowest BCUT2D eigenvalue weighted by atomic mass is 9.87. The van der Waals surface area contributed by atoms with Crippen LogP contribution in [0.15, 0.2) is 91.8 Å². The average molecular weight is 506 g/mol. The Balaban J connectivity index is 1.55. The number of ketones is 1. The summed E-state index contributed by atoms with van der Waals surface area (Å²) in [5, 5.41) is 0.630. The predicted octanol–water partition coefficient (Wildman–Crippen LogP) is 8.75. The number of nitrogens with zero attached hydrogens (tertiary/aromatic N) is 2. The van der Waals surface area contributed by atoms with E-state index in [4.69, 9.17) is 16.6 Å². The molecular weight excluding hydrogens is 478 g/mol.